The molecule has 0 unspecified atom stereocenters. The molecule has 0 aliphatic heterocycles. The summed E-state index contributed by atoms with van der Waals surface area (Å²) in [7, 11) is 1.67. The standard InChI is InChI=1S/C18H20O4/c1-13(19)22-12-16-7-8-17(18(20)10-16)9-14-3-5-15(6-4-14)11-21-2/h3-8,10,20H,9,11-12H2,1-2H3. The summed E-state index contributed by atoms with van der Waals surface area (Å²) in [5.41, 5.74) is 3.84. The largest absolute Gasteiger partial charge is 0.508 e. The van der Waals surface area contributed by atoms with E-state index in [2.05, 4.69) is 0 Å². The van der Waals surface area contributed by atoms with Crippen molar-refractivity contribution in [3.8, 4) is 5.75 Å². The summed E-state index contributed by atoms with van der Waals surface area (Å²) in [6.45, 7) is 2.13. The number of aromatic hydroxyl groups is 1. The number of hydrogen-bond acceptors (Lipinski definition) is 4. The lowest BCUT2D eigenvalue weighted by atomic mass is 10.0. The zero-order valence-corrected chi connectivity index (χ0v) is 12.8. The normalized spacial score (nSPS) is 10.5. The summed E-state index contributed by atoms with van der Waals surface area (Å²) in [6, 6.07) is 13.4. The zero-order chi connectivity index (χ0) is 15.9. The Morgan fingerprint density at radius 1 is 1.00 bits per heavy atom. The van der Waals surface area contributed by atoms with Crippen LogP contribution >= 0.6 is 0 Å². The van der Waals surface area contributed by atoms with Gasteiger partial charge in [-0.05, 0) is 28.3 Å². The van der Waals surface area contributed by atoms with Gasteiger partial charge in [-0.1, -0.05) is 36.4 Å². The van der Waals surface area contributed by atoms with Crippen LogP contribution in [0, 0.1) is 0 Å². The van der Waals surface area contributed by atoms with Gasteiger partial charge >= 0.3 is 5.97 Å². The third kappa shape index (κ3) is 4.60. The summed E-state index contributed by atoms with van der Waals surface area (Å²) >= 11 is 0. The molecule has 4 nitrogen and oxygen atoms in total. The minimum absolute atomic E-state index is 0.175. The molecule has 2 aromatic rings. The first-order chi connectivity index (χ1) is 10.6. The van der Waals surface area contributed by atoms with E-state index in [0.29, 0.717) is 13.0 Å². The second-order valence-corrected chi connectivity index (χ2v) is 5.17. The van der Waals surface area contributed by atoms with Gasteiger partial charge in [0.15, 0.2) is 0 Å². The molecule has 0 fully saturated rings. The Labute approximate surface area is 130 Å². The van der Waals surface area contributed by atoms with Crippen molar-refractivity contribution >= 4 is 5.97 Å². The van der Waals surface area contributed by atoms with Crippen molar-refractivity contribution in [2.45, 2.75) is 26.6 Å². The molecule has 2 rings (SSSR count). The molecule has 0 saturated heterocycles. The van der Waals surface area contributed by atoms with Crippen molar-refractivity contribution in [1.29, 1.82) is 0 Å². The smallest absolute Gasteiger partial charge is 0.302 e. The van der Waals surface area contributed by atoms with Crippen molar-refractivity contribution in [1.82, 2.24) is 0 Å². The molecule has 1 N–H and O–H groups in total. The lowest BCUT2D eigenvalue weighted by Crippen LogP contribution is -1.99. The van der Waals surface area contributed by atoms with E-state index in [1.54, 1.807) is 13.2 Å². The van der Waals surface area contributed by atoms with Crippen LogP contribution in [0.5, 0.6) is 5.75 Å². The van der Waals surface area contributed by atoms with Gasteiger partial charge in [-0.25, -0.2) is 0 Å². The maximum absolute atomic E-state index is 10.8. The second kappa shape index (κ2) is 7.61. The van der Waals surface area contributed by atoms with Gasteiger partial charge in [0, 0.05) is 20.5 Å². The zero-order valence-electron chi connectivity index (χ0n) is 12.8. The average molecular weight is 300 g/mol. The van der Waals surface area contributed by atoms with Crippen LogP contribution in [0.15, 0.2) is 42.5 Å². The predicted octanol–water partition coefficient (Wildman–Crippen LogP) is 3.19. The van der Waals surface area contributed by atoms with Crippen molar-refractivity contribution in [2.24, 2.45) is 0 Å². The maximum atomic E-state index is 10.8. The van der Waals surface area contributed by atoms with E-state index in [0.717, 1.165) is 22.3 Å². The van der Waals surface area contributed by atoms with E-state index in [1.165, 1.54) is 6.92 Å². The molecule has 0 atom stereocenters. The molecule has 0 heterocycles. The molecule has 0 aliphatic carbocycles. The third-order valence-corrected chi connectivity index (χ3v) is 3.32. The first kappa shape index (κ1) is 16.0. The maximum Gasteiger partial charge on any atom is 0.302 e. The quantitative estimate of drug-likeness (QED) is 0.832. The molecule has 0 saturated carbocycles. The predicted molar refractivity (Wildman–Crippen MR) is 83.5 cm³/mol. The highest BCUT2D eigenvalue weighted by Gasteiger charge is 2.05. The Morgan fingerprint density at radius 3 is 2.23 bits per heavy atom. The third-order valence-electron chi connectivity index (χ3n) is 3.32. The number of methoxy groups -OCH3 is 1. The second-order valence-electron chi connectivity index (χ2n) is 5.17. The van der Waals surface area contributed by atoms with Crippen molar-refractivity contribution < 1.29 is 19.4 Å². The van der Waals surface area contributed by atoms with Gasteiger partial charge in [-0.2, -0.15) is 0 Å². The van der Waals surface area contributed by atoms with Crippen LogP contribution in [-0.4, -0.2) is 18.2 Å². The highest BCUT2D eigenvalue weighted by molar-refractivity contribution is 5.65. The van der Waals surface area contributed by atoms with Gasteiger partial charge in [0.2, 0.25) is 0 Å². The molecular weight excluding hydrogens is 280 g/mol. The Balaban J connectivity index is 2.04. The van der Waals surface area contributed by atoms with E-state index in [-0.39, 0.29) is 18.3 Å². The molecule has 0 aromatic heterocycles. The lowest BCUT2D eigenvalue weighted by molar-refractivity contribution is -0.142. The van der Waals surface area contributed by atoms with Crippen LogP contribution < -0.4 is 0 Å². The van der Waals surface area contributed by atoms with Crippen molar-refractivity contribution in [3.63, 3.8) is 0 Å². The topological polar surface area (TPSA) is 55.8 Å². The molecule has 0 bridgehead atoms. The fraction of sp³-hybridized carbons (Fsp3) is 0.278. The highest BCUT2D eigenvalue weighted by atomic mass is 16.5. The van der Waals surface area contributed by atoms with Gasteiger partial charge < -0.3 is 14.6 Å². The van der Waals surface area contributed by atoms with E-state index in [1.807, 2.05) is 36.4 Å². The fourth-order valence-electron chi connectivity index (χ4n) is 2.17. The first-order valence-corrected chi connectivity index (χ1v) is 7.09. The molecule has 22 heavy (non-hydrogen) atoms. The fourth-order valence-corrected chi connectivity index (χ4v) is 2.17. The number of carbonyl (C=O) groups is 1. The van der Waals surface area contributed by atoms with Crippen LogP contribution in [0.2, 0.25) is 0 Å². The van der Waals surface area contributed by atoms with Gasteiger partial charge in [0.1, 0.15) is 12.4 Å². The van der Waals surface area contributed by atoms with Gasteiger partial charge in [-0.15, -0.1) is 0 Å². The van der Waals surface area contributed by atoms with E-state index in [4.69, 9.17) is 9.47 Å². The van der Waals surface area contributed by atoms with Crippen molar-refractivity contribution in [3.05, 3.63) is 64.7 Å². The summed E-state index contributed by atoms with van der Waals surface area (Å²) < 4.78 is 10.00. The summed E-state index contributed by atoms with van der Waals surface area (Å²) in [4.78, 5) is 10.8. The first-order valence-electron chi connectivity index (χ1n) is 7.09. The molecular formula is C18H20O4. The summed E-state index contributed by atoms with van der Waals surface area (Å²) in [5, 5.41) is 10.1. The lowest BCUT2D eigenvalue weighted by Gasteiger charge is -2.08. The Hall–Kier alpha value is -2.33. The van der Waals surface area contributed by atoms with Gasteiger partial charge in [0.05, 0.1) is 6.61 Å². The Kier molecular flexibility index (Phi) is 5.55. The van der Waals surface area contributed by atoms with Crippen LogP contribution in [0.3, 0.4) is 0 Å². The van der Waals surface area contributed by atoms with E-state index >= 15 is 0 Å². The van der Waals surface area contributed by atoms with Crippen LogP contribution in [-0.2, 0) is 33.9 Å². The molecule has 116 valence electrons. The molecule has 0 spiro atoms. The SMILES string of the molecule is COCc1ccc(Cc2ccc(COC(C)=O)cc2O)cc1. The summed E-state index contributed by atoms with van der Waals surface area (Å²) in [6.07, 6.45) is 0.646. The molecule has 2 aromatic carbocycles. The highest BCUT2D eigenvalue weighted by Crippen LogP contribution is 2.22. The Bertz CT molecular complexity index is 632. The van der Waals surface area contributed by atoms with Crippen LogP contribution in [0.25, 0.3) is 0 Å². The average Bonchev–Trinajstić information content (AvgIpc) is 2.50. The number of esters is 1. The molecule has 0 aliphatic rings. The minimum atomic E-state index is -0.334. The number of phenolic OH excluding ortho intramolecular Hbond substituents is 1. The van der Waals surface area contributed by atoms with Crippen molar-refractivity contribution in [2.75, 3.05) is 7.11 Å². The number of benzene rings is 2. The van der Waals surface area contributed by atoms with Gasteiger partial charge in [-0.3, -0.25) is 4.79 Å². The molecule has 4 heteroatoms. The number of phenols is 1. The monoisotopic (exact) mass is 300 g/mol. The van der Waals surface area contributed by atoms with E-state index in [9.17, 15) is 9.90 Å². The number of rotatable bonds is 6. The Morgan fingerprint density at radius 2 is 1.64 bits per heavy atom. The summed E-state index contributed by atoms with van der Waals surface area (Å²) in [5.74, 6) is -0.120. The minimum Gasteiger partial charge on any atom is -0.508 e. The van der Waals surface area contributed by atoms with Gasteiger partial charge in [0.25, 0.3) is 0 Å². The number of ether oxygens (including phenoxy) is 2. The molecule has 0 radical (unpaired) electrons. The van der Waals surface area contributed by atoms with Crippen LogP contribution in [0.4, 0.5) is 0 Å². The van der Waals surface area contributed by atoms with Crippen LogP contribution in [0.1, 0.15) is 29.2 Å². The van der Waals surface area contributed by atoms with E-state index < -0.39 is 0 Å². The number of hydrogen-bond donors (Lipinski definition) is 1. The number of carbonyl (C=O) groups excluding carboxylic acids is 1. The molecule has 0 amide bonds.